The van der Waals surface area contributed by atoms with E-state index in [9.17, 15) is 0 Å². The highest BCUT2D eigenvalue weighted by Crippen LogP contribution is 2.31. The Morgan fingerprint density at radius 3 is 2.74 bits per heavy atom. The zero-order valence-corrected chi connectivity index (χ0v) is 15.6. The second kappa shape index (κ2) is 7.08. The summed E-state index contributed by atoms with van der Waals surface area (Å²) in [5.41, 5.74) is 2.82. The van der Waals surface area contributed by atoms with Gasteiger partial charge in [0.15, 0.2) is 17.3 Å². The van der Waals surface area contributed by atoms with Crippen LogP contribution in [0.1, 0.15) is 5.56 Å². The highest BCUT2D eigenvalue weighted by Gasteiger charge is 2.12. The van der Waals surface area contributed by atoms with Crippen molar-refractivity contribution in [1.29, 1.82) is 0 Å². The maximum Gasteiger partial charge on any atom is 0.216 e. The molecule has 0 unspecified atom stereocenters. The number of hydrogen-bond donors (Lipinski definition) is 2. The molecule has 2 aromatic heterocycles. The van der Waals surface area contributed by atoms with Crippen LogP contribution in [0.15, 0.2) is 53.8 Å². The van der Waals surface area contributed by atoms with Gasteiger partial charge in [-0.25, -0.2) is 5.10 Å². The van der Waals surface area contributed by atoms with Gasteiger partial charge in [-0.15, -0.1) is 0 Å². The van der Waals surface area contributed by atoms with E-state index in [2.05, 4.69) is 20.3 Å². The zero-order chi connectivity index (χ0) is 18.8. The quantitative estimate of drug-likeness (QED) is 0.406. The standard InChI is InChI=1S/C19H17N5O2S/c1-25-16-8-7-12(9-17(16)26-2)18-22-23-19(27)24(18)21-11-13-10-20-15-6-4-3-5-14(13)15/h3-11,20H,1-2H3,(H,23,27). The van der Waals surface area contributed by atoms with Crippen LogP contribution in [0.25, 0.3) is 22.3 Å². The van der Waals surface area contributed by atoms with Crippen LogP contribution < -0.4 is 9.47 Å². The number of rotatable bonds is 5. The molecule has 2 aromatic carbocycles. The van der Waals surface area contributed by atoms with Gasteiger partial charge in [0.1, 0.15) is 0 Å². The molecule has 0 aliphatic heterocycles. The zero-order valence-electron chi connectivity index (χ0n) is 14.8. The molecule has 2 heterocycles. The number of H-pyrrole nitrogens is 2. The fourth-order valence-electron chi connectivity index (χ4n) is 2.88. The number of benzene rings is 2. The van der Waals surface area contributed by atoms with Crippen molar-refractivity contribution < 1.29 is 9.47 Å². The van der Waals surface area contributed by atoms with E-state index in [0.717, 1.165) is 22.0 Å². The molecule has 136 valence electrons. The van der Waals surface area contributed by atoms with Gasteiger partial charge in [0.2, 0.25) is 4.77 Å². The van der Waals surface area contributed by atoms with Crippen LogP contribution in [0.5, 0.6) is 11.5 Å². The number of fused-ring (bicyclic) bond motifs is 1. The van der Waals surface area contributed by atoms with E-state index in [1.54, 1.807) is 25.1 Å². The van der Waals surface area contributed by atoms with Crippen LogP contribution in [0.4, 0.5) is 0 Å². The third-order valence-electron chi connectivity index (χ3n) is 4.23. The Labute approximate surface area is 160 Å². The largest absolute Gasteiger partial charge is 0.493 e. The molecule has 0 amide bonds. The van der Waals surface area contributed by atoms with Gasteiger partial charge in [-0.2, -0.15) is 14.9 Å². The third kappa shape index (κ3) is 3.11. The first kappa shape index (κ1) is 17.0. The molecule has 4 rings (SSSR count). The molecule has 0 spiro atoms. The van der Waals surface area contributed by atoms with Crippen molar-refractivity contribution in [3.8, 4) is 22.9 Å². The van der Waals surface area contributed by atoms with Crippen LogP contribution in [0.2, 0.25) is 0 Å². The first-order chi connectivity index (χ1) is 13.2. The Kier molecular flexibility index (Phi) is 4.47. The molecule has 4 aromatic rings. The molecule has 0 radical (unpaired) electrons. The summed E-state index contributed by atoms with van der Waals surface area (Å²) in [6.07, 6.45) is 3.67. The fourth-order valence-corrected chi connectivity index (χ4v) is 3.06. The second-order valence-electron chi connectivity index (χ2n) is 5.77. The van der Waals surface area contributed by atoms with Gasteiger partial charge in [-0.05, 0) is 36.5 Å². The molecule has 8 heteroatoms. The van der Waals surface area contributed by atoms with Crippen LogP contribution in [0.3, 0.4) is 0 Å². The molecule has 7 nitrogen and oxygen atoms in total. The number of aromatic nitrogens is 4. The lowest BCUT2D eigenvalue weighted by Crippen LogP contribution is -1.96. The minimum atomic E-state index is 0.399. The Bertz CT molecular complexity index is 1190. The predicted octanol–water partition coefficient (Wildman–Crippen LogP) is 3.99. The highest BCUT2D eigenvalue weighted by molar-refractivity contribution is 7.71. The van der Waals surface area contributed by atoms with Crippen molar-refractivity contribution in [2.75, 3.05) is 14.2 Å². The molecule has 2 N–H and O–H groups in total. The molecular formula is C19H17N5O2S. The van der Waals surface area contributed by atoms with Crippen LogP contribution in [0, 0.1) is 4.77 Å². The minimum Gasteiger partial charge on any atom is -0.493 e. The Morgan fingerprint density at radius 1 is 1.11 bits per heavy atom. The monoisotopic (exact) mass is 379 g/mol. The highest BCUT2D eigenvalue weighted by atomic mass is 32.1. The van der Waals surface area contributed by atoms with Crippen LogP contribution in [-0.2, 0) is 0 Å². The maximum atomic E-state index is 5.37. The van der Waals surface area contributed by atoms with Crippen molar-refractivity contribution >= 4 is 29.3 Å². The van der Waals surface area contributed by atoms with Gasteiger partial charge in [-0.1, -0.05) is 18.2 Å². The lowest BCUT2D eigenvalue weighted by Gasteiger charge is -2.09. The summed E-state index contributed by atoms with van der Waals surface area (Å²) in [5.74, 6) is 1.83. The van der Waals surface area contributed by atoms with E-state index in [1.807, 2.05) is 48.7 Å². The molecule has 0 bridgehead atoms. The molecule has 0 saturated heterocycles. The number of ether oxygens (including phenoxy) is 2. The molecule has 0 aliphatic rings. The van der Waals surface area contributed by atoms with E-state index in [0.29, 0.717) is 22.1 Å². The summed E-state index contributed by atoms with van der Waals surface area (Å²) < 4.78 is 12.6. The van der Waals surface area contributed by atoms with Gasteiger partial charge < -0.3 is 14.5 Å². The molecule has 0 saturated carbocycles. The first-order valence-electron chi connectivity index (χ1n) is 8.21. The fraction of sp³-hybridized carbons (Fsp3) is 0.105. The summed E-state index contributed by atoms with van der Waals surface area (Å²) >= 11 is 5.34. The number of nitrogens with zero attached hydrogens (tertiary/aromatic N) is 3. The van der Waals surface area contributed by atoms with E-state index >= 15 is 0 Å². The van der Waals surface area contributed by atoms with Crippen LogP contribution >= 0.6 is 12.2 Å². The number of para-hydroxylation sites is 1. The topological polar surface area (TPSA) is 80.2 Å². The predicted molar refractivity (Wildman–Crippen MR) is 107 cm³/mol. The Morgan fingerprint density at radius 2 is 1.93 bits per heavy atom. The average Bonchev–Trinajstić information content (AvgIpc) is 3.29. The number of nitrogens with one attached hydrogen (secondary N) is 2. The molecule has 0 atom stereocenters. The molecule has 0 fully saturated rings. The van der Waals surface area contributed by atoms with Gasteiger partial charge in [0, 0.05) is 28.2 Å². The maximum absolute atomic E-state index is 5.37. The van der Waals surface area contributed by atoms with Crippen LogP contribution in [-0.4, -0.2) is 40.3 Å². The van der Waals surface area contributed by atoms with Gasteiger partial charge in [0.25, 0.3) is 0 Å². The molecule has 0 aliphatic carbocycles. The van der Waals surface area contributed by atoms with E-state index in [4.69, 9.17) is 21.7 Å². The SMILES string of the molecule is COc1ccc(-c2n[nH]c(=S)n2N=Cc2c[nH]c3ccccc23)cc1OC. The summed E-state index contributed by atoms with van der Waals surface area (Å²) in [6, 6.07) is 13.6. The first-order valence-corrected chi connectivity index (χ1v) is 8.62. The third-order valence-corrected chi connectivity index (χ3v) is 4.49. The lowest BCUT2D eigenvalue weighted by atomic mass is 10.2. The van der Waals surface area contributed by atoms with E-state index in [1.165, 1.54) is 0 Å². The van der Waals surface area contributed by atoms with Crippen molar-refractivity contribution in [3.05, 3.63) is 59.0 Å². The summed E-state index contributed by atoms with van der Waals surface area (Å²) in [4.78, 5) is 3.23. The molecule has 27 heavy (non-hydrogen) atoms. The van der Waals surface area contributed by atoms with Crippen molar-refractivity contribution in [2.24, 2.45) is 5.10 Å². The van der Waals surface area contributed by atoms with E-state index < -0.39 is 0 Å². The summed E-state index contributed by atoms with van der Waals surface area (Å²) in [5, 5.41) is 12.7. The summed E-state index contributed by atoms with van der Waals surface area (Å²) in [7, 11) is 3.19. The molecular weight excluding hydrogens is 362 g/mol. The minimum absolute atomic E-state index is 0.399. The number of aromatic amines is 2. The van der Waals surface area contributed by atoms with Crippen molar-refractivity contribution in [2.45, 2.75) is 0 Å². The number of methoxy groups -OCH3 is 2. The summed E-state index contributed by atoms with van der Waals surface area (Å²) in [6.45, 7) is 0. The van der Waals surface area contributed by atoms with Crippen molar-refractivity contribution in [3.63, 3.8) is 0 Å². The second-order valence-corrected chi connectivity index (χ2v) is 6.15. The van der Waals surface area contributed by atoms with Gasteiger partial charge >= 0.3 is 0 Å². The average molecular weight is 379 g/mol. The normalized spacial score (nSPS) is 11.3. The van der Waals surface area contributed by atoms with Gasteiger partial charge in [0.05, 0.1) is 20.4 Å². The smallest absolute Gasteiger partial charge is 0.216 e. The number of hydrogen-bond acceptors (Lipinski definition) is 5. The lowest BCUT2D eigenvalue weighted by molar-refractivity contribution is 0.355. The Hall–Kier alpha value is -3.39. The van der Waals surface area contributed by atoms with Gasteiger partial charge in [-0.3, -0.25) is 0 Å². The van der Waals surface area contributed by atoms with Crippen molar-refractivity contribution in [1.82, 2.24) is 19.9 Å². The Balaban J connectivity index is 1.75. The van der Waals surface area contributed by atoms with E-state index in [-0.39, 0.29) is 0 Å².